The van der Waals surface area contributed by atoms with E-state index in [9.17, 15) is 8.78 Å². The van der Waals surface area contributed by atoms with Gasteiger partial charge in [-0.05, 0) is 18.6 Å². The molecule has 1 heterocycles. The van der Waals surface area contributed by atoms with E-state index in [1.165, 1.54) is 6.07 Å². The summed E-state index contributed by atoms with van der Waals surface area (Å²) in [4.78, 5) is 1.81. The van der Waals surface area contributed by atoms with E-state index < -0.39 is 11.6 Å². The third-order valence-electron chi connectivity index (χ3n) is 2.75. The maximum atomic E-state index is 13.4. The fourth-order valence-corrected chi connectivity index (χ4v) is 1.88. The summed E-state index contributed by atoms with van der Waals surface area (Å²) >= 11 is 0. The first kappa shape index (κ1) is 10.4. The Kier molecular flexibility index (Phi) is 2.86. The van der Waals surface area contributed by atoms with Crippen LogP contribution in [0.4, 0.5) is 14.5 Å². The van der Waals surface area contributed by atoms with Crippen LogP contribution in [0.25, 0.3) is 0 Å². The van der Waals surface area contributed by atoms with Crippen molar-refractivity contribution in [3.8, 4) is 0 Å². The van der Waals surface area contributed by atoms with E-state index in [4.69, 9.17) is 4.74 Å². The van der Waals surface area contributed by atoms with Crippen LogP contribution in [-0.4, -0.2) is 26.3 Å². The summed E-state index contributed by atoms with van der Waals surface area (Å²) in [6, 6.07) is 4.24. The molecule has 0 bridgehead atoms. The summed E-state index contributed by atoms with van der Waals surface area (Å²) in [5, 5.41) is 0. The van der Waals surface area contributed by atoms with Crippen LogP contribution in [0, 0.1) is 11.6 Å². The molecule has 0 aromatic heterocycles. The fraction of sp³-hybridized carbons (Fsp3) is 0.455. The van der Waals surface area contributed by atoms with E-state index >= 15 is 0 Å². The number of ether oxygens (including phenoxy) is 1. The van der Waals surface area contributed by atoms with Gasteiger partial charge in [-0.3, -0.25) is 0 Å². The Hall–Kier alpha value is -1.16. The highest BCUT2D eigenvalue weighted by molar-refractivity contribution is 5.49. The normalized spacial score (nSPS) is 21.0. The van der Waals surface area contributed by atoms with Gasteiger partial charge in [-0.2, -0.15) is 0 Å². The molecule has 0 amide bonds. The molecule has 1 fully saturated rings. The monoisotopic (exact) mass is 213 g/mol. The Morgan fingerprint density at radius 2 is 2.20 bits per heavy atom. The van der Waals surface area contributed by atoms with E-state index in [1.807, 2.05) is 4.90 Å². The molecule has 0 saturated carbocycles. The lowest BCUT2D eigenvalue weighted by atomic mass is 10.2. The second kappa shape index (κ2) is 4.14. The van der Waals surface area contributed by atoms with Crippen molar-refractivity contribution in [2.75, 3.05) is 25.1 Å². The van der Waals surface area contributed by atoms with Crippen molar-refractivity contribution in [1.29, 1.82) is 0 Å². The standard InChI is InChI=1S/C11H13F2NO/c1-15-8-5-6-14(7-8)10-4-2-3-9(12)11(10)13/h2-4,8H,5-7H2,1H3. The van der Waals surface area contributed by atoms with Crippen LogP contribution in [0.15, 0.2) is 18.2 Å². The van der Waals surface area contributed by atoms with Gasteiger partial charge in [-0.15, -0.1) is 0 Å². The van der Waals surface area contributed by atoms with E-state index in [0.717, 1.165) is 12.5 Å². The highest BCUT2D eigenvalue weighted by Crippen LogP contribution is 2.25. The molecule has 15 heavy (non-hydrogen) atoms. The lowest BCUT2D eigenvalue weighted by Crippen LogP contribution is -2.23. The molecule has 1 aliphatic heterocycles. The minimum atomic E-state index is -0.798. The largest absolute Gasteiger partial charge is 0.380 e. The van der Waals surface area contributed by atoms with Crippen molar-refractivity contribution in [3.63, 3.8) is 0 Å². The maximum absolute atomic E-state index is 13.4. The molecular formula is C11H13F2NO. The predicted octanol–water partition coefficient (Wildman–Crippen LogP) is 2.19. The Labute approximate surface area is 87.5 Å². The van der Waals surface area contributed by atoms with E-state index in [2.05, 4.69) is 0 Å². The molecule has 0 spiro atoms. The summed E-state index contributed by atoms with van der Waals surface area (Å²) in [6.45, 7) is 1.33. The van der Waals surface area contributed by atoms with E-state index in [0.29, 0.717) is 18.8 Å². The number of hydrogen-bond donors (Lipinski definition) is 0. The zero-order valence-corrected chi connectivity index (χ0v) is 8.54. The topological polar surface area (TPSA) is 12.5 Å². The molecule has 1 aliphatic rings. The molecule has 82 valence electrons. The third kappa shape index (κ3) is 1.95. The maximum Gasteiger partial charge on any atom is 0.182 e. The van der Waals surface area contributed by atoms with Crippen molar-refractivity contribution >= 4 is 5.69 Å². The summed E-state index contributed by atoms with van der Waals surface area (Å²) in [5.41, 5.74) is 0.328. The number of rotatable bonds is 2. The van der Waals surface area contributed by atoms with Gasteiger partial charge in [0.1, 0.15) is 0 Å². The molecule has 1 aromatic carbocycles. The van der Waals surface area contributed by atoms with Gasteiger partial charge in [0.2, 0.25) is 0 Å². The van der Waals surface area contributed by atoms with E-state index in [-0.39, 0.29) is 6.10 Å². The van der Waals surface area contributed by atoms with Gasteiger partial charge in [-0.25, -0.2) is 8.78 Å². The first-order valence-corrected chi connectivity index (χ1v) is 4.94. The first-order valence-electron chi connectivity index (χ1n) is 4.94. The zero-order valence-electron chi connectivity index (χ0n) is 8.54. The van der Waals surface area contributed by atoms with Gasteiger partial charge >= 0.3 is 0 Å². The van der Waals surface area contributed by atoms with Crippen LogP contribution >= 0.6 is 0 Å². The highest BCUT2D eigenvalue weighted by atomic mass is 19.2. The van der Waals surface area contributed by atoms with Gasteiger partial charge in [0.05, 0.1) is 11.8 Å². The van der Waals surface area contributed by atoms with Crippen molar-refractivity contribution in [3.05, 3.63) is 29.8 Å². The molecule has 0 radical (unpaired) electrons. The number of anilines is 1. The van der Waals surface area contributed by atoms with Crippen LogP contribution in [0.2, 0.25) is 0 Å². The van der Waals surface area contributed by atoms with Gasteiger partial charge in [-0.1, -0.05) is 6.07 Å². The summed E-state index contributed by atoms with van der Waals surface area (Å²) < 4.78 is 31.6. The Morgan fingerprint density at radius 1 is 1.40 bits per heavy atom. The predicted molar refractivity (Wildman–Crippen MR) is 54.0 cm³/mol. The molecule has 2 rings (SSSR count). The SMILES string of the molecule is COC1CCN(c2cccc(F)c2F)C1. The number of benzene rings is 1. The average Bonchev–Trinajstić information content (AvgIpc) is 2.70. The van der Waals surface area contributed by atoms with Gasteiger partial charge < -0.3 is 9.64 Å². The van der Waals surface area contributed by atoms with Crippen LogP contribution in [0.3, 0.4) is 0 Å². The highest BCUT2D eigenvalue weighted by Gasteiger charge is 2.24. The smallest absolute Gasteiger partial charge is 0.182 e. The number of methoxy groups -OCH3 is 1. The summed E-state index contributed by atoms with van der Waals surface area (Å²) in [5.74, 6) is -1.57. The minimum absolute atomic E-state index is 0.118. The van der Waals surface area contributed by atoms with Gasteiger partial charge in [0.15, 0.2) is 11.6 Å². The molecule has 0 aliphatic carbocycles. The molecular weight excluding hydrogens is 200 g/mol. The average molecular weight is 213 g/mol. The van der Waals surface area contributed by atoms with E-state index in [1.54, 1.807) is 13.2 Å². The summed E-state index contributed by atoms with van der Waals surface area (Å²) in [6.07, 6.45) is 0.972. The number of halogens is 2. The Morgan fingerprint density at radius 3 is 2.87 bits per heavy atom. The first-order chi connectivity index (χ1) is 7.22. The fourth-order valence-electron chi connectivity index (χ4n) is 1.88. The Balaban J connectivity index is 2.20. The minimum Gasteiger partial charge on any atom is -0.380 e. The van der Waals surface area contributed by atoms with Gasteiger partial charge in [0.25, 0.3) is 0 Å². The Bertz CT molecular complexity index is 356. The lowest BCUT2D eigenvalue weighted by Gasteiger charge is -2.18. The molecule has 1 unspecified atom stereocenters. The number of hydrogen-bond acceptors (Lipinski definition) is 2. The van der Waals surface area contributed by atoms with Crippen LogP contribution in [0.5, 0.6) is 0 Å². The lowest BCUT2D eigenvalue weighted by molar-refractivity contribution is 0.121. The molecule has 0 N–H and O–H groups in total. The summed E-state index contributed by atoms with van der Waals surface area (Å²) in [7, 11) is 1.64. The molecule has 1 saturated heterocycles. The van der Waals surface area contributed by atoms with Gasteiger partial charge in [0, 0.05) is 20.2 Å². The molecule has 2 nitrogen and oxygen atoms in total. The second-order valence-corrected chi connectivity index (χ2v) is 3.67. The van der Waals surface area contributed by atoms with Crippen LogP contribution in [-0.2, 0) is 4.74 Å². The second-order valence-electron chi connectivity index (χ2n) is 3.67. The van der Waals surface area contributed by atoms with Crippen LogP contribution in [0.1, 0.15) is 6.42 Å². The zero-order chi connectivity index (χ0) is 10.8. The van der Waals surface area contributed by atoms with Crippen molar-refractivity contribution < 1.29 is 13.5 Å². The van der Waals surface area contributed by atoms with Crippen molar-refractivity contribution in [1.82, 2.24) is 0 Å². The van der Waals surface area contributed by atoms with Crippen molar-refractivity contribution in [2.45, 2.75) is 12.5 Å². The molecule has 4 heteroatoms. The van der Waals surface area contributed by atoms with Crippen LogP contribution < -0.4 is 4.90 Å². The molecule has 1 aromatic rings. The van der Waals surface area contributed by atoms with Crippen molar-refractivity contribution in [2.24, 2.45) is 0 Å². The number of nitrogens with zero attached hydrogens (tertiary/aromatic N) is 1. The molecule has 1 atom stereocenters. The quantitative estimate of drug-likeness (QED) is 0.746. The third-order valence-corrected chi connectivity index (χ3v) is 2.75.